The van der Waals surface area contributed by atoms with Crippen LogP contribution in [0.4, 0.5) is 4.39 Å². The molecule has 0 bridgehead atoms. The molecule has 30 heavy (non-hydrogen) atoms. The smallest absolute Gasteiger partial charge is 0.279 e. The van der Waals surface area contributed by atoms with E-state index in [0.717, 1.165) is 11.1 Å². The fourth-order valence-electron chi connectivity index (χ4n) is 3.31. The number of rotatable bonds is 6. The average Bonchev–Trinajstić information content (AvgIpc) is 2.75. The van der Waals surface area contributed by atoms with Gasteiger partial charge in [-0.05, 0) is 48.4 Å². The average molecular weight is 422 g/mol. The summed E-state index contributed by atoms with van der Waals surface area (Å²) in [4.78, 5) is 13.0. The SMILES string of the molecule is O=c1c2ccccc2c(-c2cccc(CCNS(=O)[O-])c2)nn1-c1ccc(F)cc1. The molecule has 8 heteroatoms. The van der Waals surface area contributed by atoms with Gasteiger partial charge in [-0.2, -0.15) is 9.78 Å². The molecular weight excluding hydrogens is 405 g/mol. The van der Waals surface area contributed by atoms with Crippen molar-refractivity contribution < 1.29 is 13.2 Å². The van der Waals surface area contributed by atoms with Gasteiger partial charge >= 0.3 is 0 Å². The number of aromatic nitrogens is 2. The van der Waals surface area contributed by atoms with E-state index in [4.69, 9.17) is 0 Å². The van der Waals surface area contributed by atoms with Gasteiger partial charge < -0.3 is 4.55 Å². The van der Waals surface area contributed by atoms with Crippen molar-refractivity contribution in [2.75, 3.05) is 6.54 Å². The fraction of sp³-hybridized carbons (Fsp3) is 0.0909. The van der Waals surface area contributed by atoms with Crippen LogP contribution in [0.1, 0.15) is 5.56 Å². The third-order valence-electron chi connectivity index (χ3n) is 4.71. The molecule has 1 N–H and O–H groups in total. The van der Waals surface area contributed by atoms with Gasteiger partial charge in [0.25, 0.3) is 5.56 Å². The Balaban J connectivity index is 1.85. The molecule has 0 radical (unpaired) electrons. The van der Waals surface area contributed by atoms with Gasteiger partial charge in [-0.1, -0.05) is 36.4 Å². The van der Waals surface area contributed by atoms with Crippen LogP contribution in [0.25, 0.3) is 27.7 Å². The van der Waals surface area contributed by atoms with E-state index in [0.29, 0.717) is 28.6 Å². The minimum Gasteiger partial charge on any atom is -0.760 e. The van der Waals surface area contributed by atoms with Gasteiger partial charge in [-0.15, -0.1) is 0 Å². The summed E-state index contributed by atoms with van der Waals surface area (Å²) >= 11 is -2.30. The maximum atomic E-state index is 13.3. The first-order valence-electron chi connectivity index (χ1n) is 9.23. The van der Waals surface area contributed by atoms with Gasteiger partial charge in [0.15, 0.2) is 0 Å². The Morgan fingerprint density at radius 3 is 2.47 bits per heavy atom. The third kappa shape index (κ3) is 4.20. The molecule has 0 saturated carbocycles. The van der Waals surface area contributed by atoms with Crippen LogP contribution in [-0.4, -0.2) is 25.1 Å². The lowest BCUT2D eigenvalue weighted by Crippen LogP contribution is -2.22. The van der Waals surface area contributed by atoms with Crippen LogP contribution in [0.2, 0.25) is 0 Å². The Labute approximate surface area is 174 Å². The van der Waals surface area contributed by atoms with E-state index in [1.54, 1.807) is 12.1 Å². The minimum absolute atomic E-state index is 0.281. The first kappa shape index (κ1) is 20.1. The van der Waals surface area contributed by atoms with Gasteiger partial charge in [0.1, 0.15) is 5.82 Å². The molecule has 0 amide bonds. The van der Waals surface area contributed by atoms with E-state index in [9.17, 15) is 17.9 Å². The number of nitrogens with one attached hydrogen (secondary N) is 1. The zero-order chi connectivity index (χ0) is 21.1. The van der Waals surface area contributed by atoms with E-state index in [-0.39, 0.29) is 12.1 Å². The highest BCUT2D eigenvalue weighted by molar-refractivity contribution is 7.77. The molecule has 4 aromatic rings. The van der Waals surface area contributed by atoms with Gasteiger partial charge in [0.2, 0.25) is 0 Å². The van der Waals surface area contributed by atoms with Gasteiger partial charge in [0.05, 0.1) is 16.8 Å². The minimum atomic E-state index is -2.30. The van der Waals surface area contributed by atoms with Crippen LogP contribution < -0.4 is 10.3 Å². The summed E-state index contributed by atoms with van der Waals surface area (Å²) in [7, 11) is 0. The van der Waals surface area contributed by atoms with Crippen molar-refractivity contribution in [3.05, 3.63) is 94.5 Å². The lowest BCUT2D eigenvalue weighted by Gasteiger charge is -2.12. The van der Waals surface area contributed by atoms with E-state index >= 15 is 0 Å². The fourth-order valence-corrected chi connectivity index (χ4v) is 3.58. The predicted molar refractivity (Wildman–Crippen MR) is 113 cm³/mol. The number of hydrogen-bond donors (Lipinski definition) is 1. The highest BCUT2D eigenvalue weighted by Crippen LogP contribution is 2.26. The van der Waals surface area contributed by atoms with Crippen LogP contribution in [0.5, 0.6) is 0 Å². The summed E-state index contributed by atoms with van der Waals surface area (Å²) in [5.41, 5.74) is 2.50. The Kier molecular flexibility index (Phi) is 5.80. The molecule has 1 aromatic heterocycles. The van der Waals surface area contributed by atoms with Crippen molar-refractivity contribution in [3.8, 4) is 16.9 Å². The van der Waals surface area contributed by atoms with Crippen molar-refractivity contribution in [1.29, 1.82) is 0 Å². The van der Waals surface area contributed by atoms with Crippen molar-refractivity contribution in [3.63, 3.8) is 0 Å². The Hall–Kier alpha value is -3.20. The monoisotopic (exact) mass is 422 g/mol. The molecule has 4 rings (SSSR count). The van der Waals surface area contributed by atoms with Crippen molar-refractivity contribution in [2.24, 2.45) is 0 Å². The van der Waals surface area contributed by atoms with Gasteiger partial charge in [0, 0.05) is 28.8 Å². The largest absolute Gasteiger partial charge is 0.760 e. The standard InChI is InChI=1S/C22H18FN3O3S/c23-17-8-10-18(11-9-17)26-22(27)20-7-2-1-6-19(20)21(25-26)16-5-3-4-15(14-16)12-13-24-30(28)29/h1-11,14,24H,12-13H2,(H,28,29)/p-1. The summed E-state index contributed by atoms with van der Waals surface area (Å²) in [6.07, 6.45) is 0.511. The lowest BCUT2D eigenvalue weighted by molar-refractivity contribution is 0.523. The number of fused-ring (bicyclic) bond motifs is 1. The summed E-state index contributed by atoms with van der Waals surface area (Å²) < 4.78 is 38.3. The summed E-state index contributed by atoms with van der Waals surface area (Å²) in [6, 6.07) is 20.3. The predicted octanol–water partition coefficient (Wildman–Crippen LogP) is 3.12. The Morgan fingerprint density at radius 2 is 1.73 bits per heavy atom. The summed E-state index contributed by atoms with van der Waals surface area (Å²) in [5.74, 6) is -0.395. The van der Waals surface area contributed by atoms with Crippen LogP contribution in [0.3, 0.4) is 0 Å². The molecule has 0 aliphatic rings. The number of nitrogens with zero attached hydrogens (tertiary/aromatic N) is 2. The molecule has 1 unspecified atom stereocenters. The topological polar surface area (TPSA) is 87.1 Å². The number of benzene rings is 3. The number of halogens is 1. The summed E-state index contributed by atoms with van der Waals surface area (Å²) in [5, 5.41) is 5.79. The molecule has 0 spiro atoms. The molecule has 1 atom stereocenters. The first-order valence-corrected chi connectivity index (χ1v) is 10.3. The molecule has 0 fully saturated rings. The van der Waals surface area contributed by atoms with Gasteiger partial charge in [-0.25, -0.2) is 9.11 Å². The first-order chi connectivity index (χ1) is 14.5. The highest BCUT2D eigenvalue weighted by atomic mass is 32.2. The van der Waals surface area contributed by atoms with Crippen LogP contribution >= 0.6 is 0 Å². The second kappa shape index (κ2) is 8.66. The summed E-state index contributed by atoms with van der Waals surface area (Å²) in [6.45, 7) is 0.281. The maximum absolute atomic E-state index is 13.3. The number of hydrogen-bond acceptors (Lipinski definition) is 4. The molecule has 1 heterocycles. The zero-order valence-electron chi connectivity index (χ0n) is 15.7. The molecule has 3 aromatic carbocycles. The Bertz CT molecular complexity index is 1290. The van der Waals surface area contributed by atoms with Crippen LogP contribution in [0, 0.1) is 5.82 Å². The zero-order valence-corrected chi connectivity index (χ0v) is 16.6. The quantitative estimate of drug-likeness (QED) is 0.484. The molecule has 0 aliphatic heterocycles. The second-order valence-corrected chi connectivity index (χ2v) is 7.43. The van der Waals surface area contributed by atoms with E-state index in [1.165, 1.54) is 28.9 Å². The van der Waals surface area contributed by atoms with E-state index < -0.39 is 17.1 Å². The molecule has 6 nitrogen and oxygen atoms in total. The van der Waals surface area contributed by atoms with Gasteiger partial charge in [-0.3, -0.25) is 9.00 Å². The van der Waals surface area contributed by atoms with Crippen molar-refractivity contribution in [2.45, 2.75) is 6.42 Å². The maximum Gasteiger partial charge on any atom is 0.279 e. The second-order valence-electron chi connectivity index (χ2n) is 6.67. The van der Waals surface area contributed by atoms with E-state index in [1.807, 2.05) is 36.4 Å². The normalized spacial score (nSPS) is 12.2. The van der Waals surface area contributed by atoms with Crippen LogP contribution in [0.15, 0.2) is 77.6 Å². The third-order valence-corrected chi connectivity index (χ3v) is 5.15. The molecule has 0 aliphatic carbocycles. The van der Waals surface area contributed by atoms with Crippen LogP contribution in [-0.2, 0) is 17.7 Å². The Morgan fingerprint density at radius 1 is 1.00 bits per heavy atom. The molecule has 0 saturated heterocycles. The lowest BCUT2D eigenvalue weighted by atomic mass is 10.0. The molecule has 152 valence electrons. The van der Waals surface area contributed by atoms with E-state index in [2.05, 4.69) is 9.82 Å². The van der Waals surface area contributed by atoms with Crippen molar-refractivity contribution in [1.82, 2.24) is 14.5 Å². The molecular formula is C22H17FN3O3S-. The highest BCUT2D eigenvalue weighted by Gasteiger charge is 2.13. The van der Waals surface area contributed by atoms with Crippen molar-refractivity contribution >= 4 is 22.0 Å².